The number of rotatable bonds is 2. The van der Waals surface area contributed by atoms with Crippen molar-refractivity contribution in [1.29, 1.82) is 0 Å². The number of hydrogen-bond acceptors (Lipinski definition) is 2. The molecule has 0 radical (unpaired) electrons. The predicted molar refractivity (Wildman–Crippen MR) is 59.3 cm³/mol. The Labute approximate surface area is 96.9 Å². The van der Waals surface area contributed by atoms with Crippen LogP contribution in [0.2, 0.25) is 5.15 Å². The molecule has 0 bridgehead atoms. The summed E-state index contributed by atoms with van der Waals surface area (Å²) in [6.45, 7) is 0.908. The second kappa shape index (κ2) is 4.62. The van der Waals surface area contributed by atoms with E-state index in [4.69, 9.17) is 11.6 Å². The van der Waals surface area contributed by atoms with Gasteiger partial charge in [-0.3, -0.25) is 0 Å². The maximum Gasteiger partial charge on any atom is 0.185 e. The van der Waals surface area contributed by atoms with E-state index in [1.165, 1.54) is 32.1 Å². The molecule has 0 aliphatic heterocycles. The first-order valence-corrected chi connectivity index (χ1v) is 6.19. The van der Waals surface area contributed by atoms with E-state index in [0.717, 1.165) is 12.5 Å². The third-order valence-electron chi connectivity index (χ3n) is 2.72. The third-order valence-corrected chi connectivity index (χ3v) is 3.74. The fourth-order valence-corrected chi connectivity index (χ4v) is 2.38. The molecule has 0 spiro atoms. The molecule has 1 fully saturated rings. The van der Waals surface area contributed by atoms with Crippen LogP contribution in [0.3, 0.4) is 0 Å². The molecule has 3 nitrogen and oxygen atoms in total. The maximum atomic E-state index is 5.81. The zero-order valence-corrected chi connectivity index (χ0v) is 10.3. The van der Waals surface area contributed by atoms with E-state index in [2.05, 4.69) is 26.1 Å². The fraction of sp³-hybridized carbons (Fsp3) is 0.778. The van der Waals surface area contributed by atoms with Gasteiger partial charge in [-0.05, 0) is 34.7 Å². The van der Waals surface area contributed by atoms with Crippen LogP contribution in [0, 0.1) is 5.92 Å². The summed E-state index contributed by atoms with van der Waals surface area (Å²) in [6.07, 6.45) is 6.68. The van der Waals surface area contributed by atoms with Crippen molar-refractivity contribution >= 4 is 27.5 Å². The summed E-state index contributed by atoms with van der Waals surface area (Å²) < 4.78 is 0.648. The Morgan fingerprint density at radius 1 is 1.29 bits per heavy atom. The molecule has 78 valence electrons. The summed E-state index contributed by atoms with van der Waals surface area (Å²) in [5.41, 5.74) is 0. The quantitative estimate of drug-likeness (QED) is 0.831. The number of nitrogens with zero attached hydrogens (tertiary/aromatic N) is 3. The van der Waals surface area contributed by atoms with Crippen LogP contribution in [0.15, 0.2) is 4.60 Å². The minimum Gasteiger partial charge on any atom is -0.182 e. The molecule has 1 aromatic heterocycles. The number of halogens is 2. The molecule has 0 N–H and O–H groups in total. The highest BCUT2D eigenvalue weighted by atomic mass is 79.9. The molecule has 0 saturated heterocycles. The molecule has 0 amide bonds. The summed E-state index contributed by atoms with van der Waals surface area (Å²) in [5, 5.41) is 8.78. The summed E-state index contributed by atoms with van der Waals surface area (Å²) in [4.78, 5) is 1.71. The van der Waals surface area contributed by atoms with Crippen molar-refractivity contribution in [2.75, 3.05) is 0 Å². The molecule has 1 heterocycles. The van der Waals surface area contributed by atoms with E-state index in [-0.39, 0.29) is 0 Å². The van der Waals surface area contributed by atoms with Gasteiger partial charge < -0.3 is 0 Å². The van der Waals surface area contributed by atoms with Gasteiger partial charge in [0.1, 0.15) is 0 Å². The van der Waals surface area contributed by atoms with Crippen LogP contribution in [0.25, 0.3) is 0 Å². The van der Waals surface area contributed by atoms with Crippen molar-refractivity contribution in [3.05, 3.63) is 9.76 Å². The van der Waals surface area contributed by atoms with Gasteiger partial charge in [-0.25, -0.2) is 0 Å². The minimum absolute atomic E-state index is 0.459. The standard InChI is InChI=1S/C9H13BrClN3/c10-8-9(11)13-14(12-8)6-7-4-2-1-3-5-7/h7H,1-6H2. The van der Waals surface area contributed by atoms with Crippen LogP contribution in [0.5, 0.6) is 0 Å². The van der Waals surface area contributed by atoms with Gasteiger partial charge in [0.25, 0.3) is 0 Å². The van der Waals surface area contributed by atoms with Crippen molar-refractivity contribution in [2.24, 2.45) is 5.92 Å². The van der Waals surface area contributed by atoms with Crippen molar-refractivity contribution in [3.63, 3.8) is 0 Å². The van der Waals surface area contributed by atoms with Gasteiger partial charge in [-0.1, -0.05) is 30.9 Å². The van der Waals surface area contributed by atoms with Crippen LogP contribution in [0.4, 0.5) is 0 Å². The first kappa shape index (κ1) is 10.4. The Morgan fingerprint density at radius 3 is 2.57 bits per heavy atom. The molecule has 2 rings (SSSR count). The maximum absolute atomic E-state index is 5.81. The van der Waals surface area contributed by atoms with Gasteiger partial charge in [-0.2, -0.15) is 4.80 Å². The van der Waals surface area contributed by atoms with E-state index < -0.39 is 0 Å². The van der Waals surface area contributed by atoms with Gasteiger partial charge in [0.2, 0.25) is 0 Å². The summed E-state index contributed by atoms with van der Waals surface area (Å²) in [6, 6.07) is 0. The Morgan fingerprint density at radius 2 is 2.00 bits per heavy atom. The Bertz CT molecular complexity index is 288. The molecule has 0 atom stereocenters. The van der Waals surface area contributed by atoms with Crippen LogP contribution >= 0.6 is 27.5 Å². The van der Waals surface area contributed by atoms with Crippen LogP contribution in [0.1, 0.15) is 32.1 Å². The number of hydrogen-bond donors (Lipinski definition) is 0. The van der Waals surface area contributed by atoms with E-state index in [1.54, 1.807) is 4.80 Å². The van der Waals surface area contributed by atoms with Crippen molar-refractivity contribution in [3.8, 4) is 0 Å². The molecular weight excluding hydrogens is 265 g/mol. The third kappa shape index (κ3) is 2.48. The summed E-state index contributed by atoms with van der Waals surface area (Å²) in [7, 11) is 0. The second-order valence-electron chi connectivity index (χ2n) is 3.84. The van der Waals surface area contributed by atoms with Crippen LogP contribution in [-0.2, 0) is 6.54 Å². The first-order valence-electron chi connectivity index (χ1n) is 5.02. The topological polar surface area (TPSA) is 30.7 Å². The lowest BCUT2D eigenvalue weighted by Gasteiger charge is -2.20. The molecule has 5 heteroatoms. The van der Waals surface area contributed by atoms with Gasteiger partial charge in [0, 0.05) is 0 Å². The van der Waals surface area contributed by atoms with Crippen LogP contribution < -0.4 is 0 Å². The molecule has 1 aromatic rings. The normalized spacial score (nSPS) is 18.7. The van der Waals surface area contributed by atoms with Crippen molar-refractivity contribution in [1.82, 2.24) is 15.0 Å². The van der Waals surface area contributed by atoms with Crippen LogP contribution in [-0.4, -0.2) is 15.0 Å². The lowest BCUT2D eigenvalue weighted by Crippen LogP contribution is -2.15. The predicted octanol–water partition coefficient (Wildman–Crippen LogP) is 3.27. The van der Waals surface area contributed by atoms with E-state index in [1.807, 2.05) is 0 Å². The first-order chi connectivity index (χ1) is 6.75. The Hall–Kier alpha value is -0.0900. The Kier molecular flexibility index (Phi) is 3.44. The summed E-state index contributed by atoms with van der Waals surface area (Å²) in [5.74, 6) is 0.735. The molecule has 1 aliphatic carbocycles. The average Bonchev–Trinajstić information content (AvgIpc) is 2.47. The fourth-order valence-electron chi connectivity index (χ4n) is 1.99. The molecule has 1 saturated carbocycles. The van der Waals surface area contributed by atoms with Gasteiger partial charge >= 0.3 is 0 Å². The molecule has 0 unspecified atom stereocenters. The van der Waals surface area contributed by atoms with Crippen molar-refractivity contribution in [2.45, 2.75) is 38.6 Å². The molecule has 1 aliphatic rings. The van der Waals surface area contributed by atoms with Gasteiger partial charge in [0.05, 0.1) is 6.54 Å². The lowest BCUT2D eigenvalue weighted by molar-refractivity contribution is 0.293. The minimum atomic E-state index is 0.459. The Balaban J connectivity index is 1.95. The van der Waals surface area contributed by atoms with E-state index in [0.29, 0.717) is 9.76 Å². The molecule has 14 heavy (non-hydrogen) atoms. The zero-order valence-electron chi connectivity index (χ0n) is 7.92. The zero-order chi connectivity index (χ0) is 9.97. The number of aromatic nitrogens is 3. The second-order valence-corrected chi connectivity index (χ2v) is 4.95. The highest BCUT2D eigenvalue weighted by molar-refractivity contribution is 9.10. The summed E-state index contributed by atoms with van der Waals surface area (Å²) >= 11 is 9.06. The smallest absolute Gasteiger partial charge is 0.182 e. The molecule has 0 aromatic carbocycles. The van der Waals surface area contributed by atoms with Gasteiger partial charge in [-0.15, -0.1) is 10.2 Å². The van der Waals surface area contributed by atoms with Crippen molar-refractivity contribution < 1.29 is 0 Å². The largest absolute Gasteiger partial charge is 0.185 e. The highest BCUT2D eigenvalue weighted by Crippen LogP contribution is 2.25. The van der Waals surface area contributed by atoms with E-state index >= 15 is 0 Å². The SMILES string of the molecule is Clc1nn(CC2CCCCC2)nc1Br. The average molecular weight is 279 g/mol. The molecular formula is C9H13BrClN3. The van der Waals surface area contributed by atoms with Gasteiger partial charge in [0.15, 0.2) is 9.76 Å². The monoisotopic (exact) mass is 277 g/mol. The highest BCUT2D eigenvalue weighted by Gasteiger charge is 2.15. The van der Waals surface area contributed by atoms with E-state index in [9.17, 15) is 0 Å². The lowest BCUT2D eigenvalue weighted by atomic mass is 9.89.